The van der Waals surface area contributed by atoms with Crippen molar-refractivity contribution in [1.29, 1.82) is 0 Å². The predicted octanol–water partition coefficient (Wildman–Crippen LogP) is 1.75. The third-order valence-electron chi connectivity index (χ3n) is 3.71. The monoisotopic (exact) mass is 251 g/mol. The maximum atomic E-state index is 10.7. The number of non-ortho nitro benzene ring substituents is 1. The molecule has 6 heteroatoms. The Labute approximate surface area is 105 Å². The number of nitro benzene ring substituents is 1. The molecule has 1 fully saturated rings. The number of nitro groups is 1. The van der Waals surface area contributed by atoms with E-state index < -0.39 is 4.92 Å². The third kappa shape index (κ3) is 2.11. The molecule has 1 aliphatic carbocycles. The predicted molar refractivity (Wildman–Crippen MR) is 69.3 cm³/mol. The molecule has 1 saturated carbocycles. The standard InChI is InChI=1S/C12H17N3O3/c1-12(2)10(6-11(12)16)14-8-3-7(13)4-9(5-8)15(17)18/h3-5,10-11,14,16H,6,13H2,1-2H3. The molecule has 2 unspecified atom stereocenters. The van der Waals surface area contributed by atoms with Gasteiger partial charge in [-0.25, -0.2) is 0 Å². The van der Waals surface area contributed by atoms with Crippen molar-refractivity contribution >= 4 is 17.1 Å². The molecule has 0 bridgehead atoms. The van der Waals surface area contributed by atoms with Gasteiger partial charge in [0.1, 0.15) is 0 Å². The fourth-order valence-electron chi connectivity index (χ4n) is 2.17. The highest BCUT2D eigenvalue weighted by Crippen LogP contribution is 2.42. The number of benzene rings is 1. The Morgan fingerprint density at radius 1 is 1.50 bits per heavy atom. The molecule has 2 atom stereocenters. The van der Waals surface area contributed by atoms with Gasteiger partial charge in [-0.3, -0.25) is 10.1 Å². The maximum Gasteiger partial charge on any atom is 0.273 e. The molecular weight excluding hydrogens is 234 g/mol. The number of hydrogen-bond donors (Lipinski definition) is 3. The van der Waals surface area contributed by atoms with Gasteiger partial charge in [-0.05, 0) is 12.5 Å². The summed E-state index contributed by atoms with van der Waals surface area (Å²) in [6.45, 7) is 3.92. The van der Waals surface area contributed by atoms with E-state index in [0.717, 1.165) is 0 Å². The van der Waals surface area contributed by atoms with Crippen LogP contribution in [0.1, 0.15) is 20.3 Å². The van der Waals surface area contributed by atoms with Crippen LogP contribution < -0.4 is 11.1 Å². The van der Waals surface area contributed by atoms with Crippen LogP contribution in [-0.2, 0) is 0 Å². The lowest BCUT2D eigenvalue weighted by Crippen LogP contribution is -2.56. The Bertz CT molecular complexity index is 487. The number of nitrogens with zero attached hydrogens (tertiary/aromatic N) is 1. The van der Waals surface area contributed by atoms with Crippen molar-refractivity contribution in [2.75, 3.05) is 11.1 Å². The minimum absolute atomic E-state index is 0.0322. The number of aliphatic hydroxyl groups is 1. The molecule has 0 aromatic heterocycles. The van der Waals surface area contributed by atoms with Crippen molar-refractivity contribution in [2.24, 2.45) is 5.41 Å². The van der Waals surface area contributed by atoms with E-state index in [2.05, 4.69) is 5.32 Å². The van der Waals surface area contributed by atoms with Gasteiger partial charge in [-0.15, -0.1) is 0 Å². The normalized spacial score (nSPS) is 25.3. The molecule has 1 aromatic rings. The molecule has 1 aromatic carbocycles. The van der Waals surface area contributed by atoms with Crippen LogP contribution in [0.15, 0.2) is 18.2 Å². The number of anilines is 2. The Morgan fingerprint density at radius 2 is 2.17 bits per heavy atom. The molecule has 4 N–H and O–H groups in total. The van der Waals surface area contributed by atoms with Crippen molar-refractivity contribution in [3.05, 3.63) is 28.3 Å². The van der Waals surface area contributed by atoms with Gasteiger partial charge in [-0.1, -0.05) is 13.8 Å². The highest BCUT2D eigenvalue weighted by Gasteiger charge is 2.47. The van der Waals surface area contributed by atoms with Gasteiger partial charge in [0.2, 0.25) is 0 Å². The van der Waals surface area contributed by atoms with Crippen LogP contribution in [0.3, 0.4) is 0 Å². The summed E-state index contributed by atoms with van der Waals surface area (Å²) in [4.78, 5) is 10.3. The highest BCUT2D eigenvalue weighted by molar-refractivity contribution is 5.62. The Kier molecular flexibility index (Phi) is 2.90. The second kappa shape index (κ2) is 4.13. The van der Waals surface area contributed by atoms with Crippen LogP contribution in [0.2, 0.25) is 0 Å². The van der Waals surface area contributed by atoms with E-state index in [1.165, 1.54) is 12.1 Å². The van der Waals surface area contributed by atoms with Gasteiger partial charge in [0.15, 0.2) is 0 Å². The average Bonchev–Trinajstić information content (AvgIpc) is 2.28. The quantitative estimate of drug-likeness (QED) is 0.431. The topological polar surface area (TPSA) is 101 Å². The van der Waals surface area contributed by atoms with Crippen molar-refractivity contribution < 1.29 is 10.0 Å². The first-order valence-corrected chi connectivity index (χ1v) is 5.80. The molecular formula is C12H17N3O3. The number of nitrogens with two attached hydrogens (primary N) is 1. The van der Waals surface area contributed by atoms with Crippen molar-refractivity contribution in [1.82, 2.24) is 0 Å². The van der Waals surface area contributed by atoms with E-state index in [1.54, 1.807) is 6.07 Å². The fraction of sp³-hybridized carbons (Fsp3) is 0.500. The van der Waals surface area contributed by atoms with E-state index in [1.807, 2.05) is 13.8 Å². The Hall–Kier alpha value is -1.82. The van der Waals surface area contributed by atoms with Crippen molar-refractivity contribution in [3.8, 4) is 0 Å². The molecule has 0 heterocycles. The second-order valence-corrected chi connectivity index (χ2v) is 5.34. The molecule has 18 heavy (non-hydrogen) atoms. The van der Waals surface area contributed by atoms with Gasteiger partial charge in [0, 0.05) is 35.0 Å². The molecule has 0 radical (unpaired) electrons. The van der Waals surface area contributed by atoms with E-state index in [4.69, 9.17) is 5.73 Å². The SMILES string of the molecule is CC1(C)C(O)CC1Nc1cc(N)cc([N+](=O)[O-])c1. The molecule has 0 amide bonds. The van der Waals surface area contributed by atoms with Gasteiger partial charge >= 0.3 is 0 Å². The first-order chi connectivity index (χ1) is 8.30. The fourth-order valence-corrected chi connectivity index (χ4v) is 2.17. The zero-order valence-corrected chi connectivity index (χ0v) is 10.4. The minimum Gasteiger partial charge on any atom is -0.398 e. The minimum atomic E-state index is -0.470. The van der Waals surface area contributed by atoms with E-state index >= 15 is 0 Å². The lowest BCUT2D eigenvalue weighted by atomic mass is 9.64. The summed E-state index contributed by atoms with van der Waals surface area (Å²) in [6, 6.07) is 4.53. The molecule has 98 valence electrons. The number of rotatable bonds is 3. The number of nitrogen functional groups attached to an aromatic ring is 1. The van der Waals surface area contributed by atoms with Gasteiger partial charge in [0.25, 0.3) is 5.69 Å². The lowest BCUT2D eigenvalue weighted by Gasteiger charge is -2.49. The van der Waals surface area contributed by atoms with Crippen molar-refractivity contribution in [2.45, 2.75) is 32.4 Å². The van der Waals surface area contributed by atoms with Crippen LogP contribution in [-0.4, -0.2) is 22.2 Å². The first-order valence-electron chi connectivity index (χ1n) is 5.80. The van der Waals surface area contributed by atoms with Gasteiger partial charge in [0.05, 0.1) is 11.0 Å². The Morgan fingerprint density at radius 3 is 2.67 bits per heavy atom. The summed E-state index contributed by atoms with van der Waals surface area (Å²) in [7, 11) is 0. The molecule has 6 nitrogen and oxygen atoms in total. The van der Waals surface area contributed by atoms with Crippen LogP contribution in [0, 0.1) is 15.5 Å². The highest BCUT2D eigenvalue weighted by atomic mass is 16.6. The van der Waals surface area contributed by atoms with Crippen LogP contribution in [0.5, 0.6) is 0 Å². The van der Waals surface area contributed by atoms with E-state index in [0.29, 0.717) is 17.8 Å². The number of nitrogens with one attached hydrogen (secondary N) is 1. The first kappa shape index (κ1) is 12.6. The van der Waals surface area contributed by atoms with Crippen molar-refractivity contribution in [3.63, 3.8) is 0 Å². The lowest BCUT2D eigenvalue weighted by molar-refractivity contribution is -0.384. The largest absolute Gasteiger partial charge is 0.398 e. The smallest absolute Gasteiger partial charge is 0.273 e. The van der Waals surface area contributed by atoms with Gasteiger partial charge < -0.3 is 16.2 Å². The summed E-state index contributed by atoms with van der Waals surface area (Å²) in [5.74, 6) is 0. The zero-order chi connectivity index (χ0) is 13.5. The summed E-state index contributed by atoms with van der Waals surface area (Å²) < 4.78 is 0. The molecule has 2 rings (SSSR count). The maximum absolute atomic E-state index is 10.7. The second-order valence-electron chi connectivity index (χ2n) is 5.34. The summed E-state index contributed by atoms with van der Waals surface area (Å²) >= 11 is 0. The van der Waals surface area contributed by atoms with Crippen LogP contribution in [0.4, 0.5) is 17.1 Å². The summed E-state index contributed by atoms with van der Waals surface area (Å²) in [5, 5.41) is 23.6. The van der Waals surface area contributed by atoms with E-state index in [-0.39, 0.29) is 23.2 Å². The number of hydrogen-bond acceptors (Lipinski definition) is 5. The zero-order valence-electron chi connectivity index (χ0n) is 10.4. The third-order valence-corrected chi connectivity index (χ3v) is 3.71. The van der Waals surface area contributed by atoms with Crippen LogP contribution >= 0.6 is 0 Å². The summed E-state index contributed by atoms with van der Waals surface area (Å²) in [5.41, 5.74) is 6.33. The van der Waals surface area contributed by atoms with E-state index in [9.17, 15) is 15.2 Å². The number of aliphatic hydroxyl groups excluding tert-OH is 1. The molecule has 0 aliphatic heterocycles. The summed E-state index contributed by atoms with van der Waals surface area (Å²) in [6.07, 6.45) is 0.293. The average molecular weight is 251 g/mol. The van der Waals surface area contributed by atoms with Gasteiger partial charge in [-0.2, -0.15) is 0 Å². The Balaban J connectivity index is 2.18. The molecule has 1 aliphatic rings. The molecule has 0 spiro atoms. The van der Waals surface area contributed by atoms with Crippen LogP contribution in [0.25, 0.3) is 0 Å². The molecule has 0 saturated heterocycles.